The van der Waals surface area contributed by atoms with E-state index in [2.05, 4.69) is 32.0 Å². The van der Waals surface area contributed by atoms with Crippen molar-refractivity contribution in [2.75, 3.05) is 5.75 Å². The molecule has 0 saturated heterocycles. The number of unbranched alkanes of at least 4 members (excludes halogenated alkanes) is 2. The lowest BCUT2D eigenvalue weighted by Gasteiger charge is -2.34. The number of benzene rings is 1. The monoisotopic (exact) mass is 279 g/mol. The predicted octanol–water partition coefficient (Wildman–Crippen LogP) is 3.50. The summed E-state index contributed by atoms with van der Waals surface area (Å²) in [5, 5.41) is 0.127. The number of rotatable bonds is 5. The fraction of sp³-hybridized carbons (Fsp3) is 0.625. The van der Waals surface area contributed by atoms with Gasteiger partial charge in [-0.1, -0.05) is 51.0 Å². The molecule has 1 aliphatic carbocycles. The van der Waals surface area contributed by atoms with Gasteiger partial charge in [-0.15, -0.1) is 0 Å². The van der Waals surface area contributed by atoms with E-state index in [1.54, 1.807) is 0 Å². The van der Waals surface area contributed by atoms with Gasteiger partial charge in [0.05, 0.1) is 5.25 Å². The summed E-state index contributed by atoms with van der Waals surface area (Å²) in [6.07, 6.45) is 4.35. The van der Waals surface area contributed by atoms with Crippen molar-refractivity contribution in [3.8, 4) is 0 Å². The Hall–Kier alpha value is -0.670. The third kappa shape index (κ3) is 3.26. The molecule has 2 N–H and O–H groups in total. The van der Waals surface area contributed by atoms with Crippen LogP contribution in [0.5, 0.6) is 0 Å². The molecule has 2 rings (SSSR count). The highest BCUT2D eigenvalue weighted by atomic mass is 32.2. The van der Waals surface area contributed by atoms with E-state index in [-0.39, 0.29) is 11.3 Å². The summed E-state index contributed by atoms with van der Waals surface area (Å²) in [4.78, 5) is 0. The first-order valence-electron chi connectivity index (χ1n) is 7.36. The summed E-state index contributed by atoms with van der Waals surface area (Å²) >= 11 is 0. The maximum absolute atomic E-state index is 12.5. The molecule has 0 spiro atoms. The smallest absolute Gasteiger partial charge is 0.0546 e. The molecule has 0 aromatic heterocycles. The summed E-state index contributed by atoms with van der Waals surface area (Å²) in [5.41, 5.74) is 8.91. The minimum atomic E-state index is -0.791. The Morgan fingerprint density at radius 1 is 1.26 bits per heavy atom. The fourth-order valence-electron chi connectivity index (χ4n) is 3.00. The molecular weight excluding hydrogens is 254 g/mol. The Bertz CT molecular complexity index is 446. The summed E-state index contributed by atoms with van der Waals surface area (Å²) in [6, 6.07) is 8.31. The minimum Gasteiger partial charge on any atom is -0.323 e. The second kappa shape index (κ2) is 6.67. The maximum Gasteiger partial charge on any atom is 0.0546 e. The first-order valence-corrected chi connectivity index (χ1v) is 8.75. The highest BCUT2D eigenvalue weighted by molar-refractivity contribution is 7.85. The number of nitrogens with two attached hydrogens (primary N) is 1. The molecule has 0 amide bonds. The number of fused-ring (bicyclic) bond motifs is 1. The molecule has 0 fully saturated rings. The Balaban J connectivity index is 2.11. The van der Waals surface area contributed by atoms with Crippen molar-refractivity contribution in [1.29, 1.82) is 0 Å². The molecule has 106 valence electrons. The van der Waals surface area contributed by atoms with E-state index in [4.69, 9.17) is 5.73 Å². The summed E-state index contributed by atoms with van der Waals surface area (Å²) in [7, 11) is -0.791. The zero-order valence-electron chi connectivity index (χ0n) is 12.0. The lowest BCUT2D eigenvalue weighted by atomic mass is 9.81. The molecular formula is C16H25NOS. The van der Waals surface area contributed by atoms with Gasteiger partial charge in [-0.05, 0) is 29.9 Å². The molecule has 3 heteroatoms. The third-order valence-corrected chi connectivity index (χ3v) is 6.01. The highest BCUT2D eigenvalue weighted by Crippen LogP contribution is 2.38. The van der Waals surface area contributed by atoms with Crippen molar-refractivity contribution in [2.24, 2.45) is 5.73 Å². The van der Waals surface area contributed by atoms with Gasteiger partial charge >= 0.3 is 0 Å². The zero-order valence-corrected chi connectivity index (χ0v) is 12.8. The second-order valence-electron chi connectivity index (χ2n) is 5.62. The fourth-order valence-corrected chi connectivity index (χ4v) is 4.77. The van der Waals surface area contributed by atoms with E-state index in [0.29, 0.717) is 5.92 Å². The van der Waals surface area contributed by atoms with Crippen molar-refractivity contribution in [2.45, 2.75) is 56.7 Å². The summed E-state index contributed by atoms with van der Waals surface area (Å²) in [6.45, 7) is 4.40. The van der Waals surface area contributed by atoms with Crippen molar-refractivity contribution in [3.63, 3.8) is 0 Å². The molecule has 0 aliphatic heterocycles. The van der Waals surface area contributed by atoms with E-state index in [1.165, 1.54) is 24.0 Å². The van der Waals surface area contributed by atoms with Gasteiger partial charge < -0.3 is 5.73 Å². The van der Waals surface area contributed by atoms with Crippen molar-refractivity contribution in [3.05, 3.63) is 35.4 Å². The van der Waals surface area contributed by atoms with Crippen LogP contribution in [-0.4, -0.2) is 15.2 Å². The average Bonchev–Trinajstić information content (AvgIpc) is 2.43. The SMILES string of the molecule is CCCCCS(=O)C1CC(C)c2ccccc2C1N. The molecule has 1 aromatic carbocycles. The zero-order chi connectivity index (χ0) is 13.8. The van der Waals surface area contributed by atoms with Gasteiger partial charge in [0.2, 0.25) is 0 Å². The van der Waals surface area contributed by atoms with Crippen LogP contribution in [0, 0.1) is 0 Å². The van der Waals surface area contributed by atoms with Crippen molar-refractivity contribution >= 4 is 10.8 Å². The number of hydrogen-bond donors (Lipinski definition) is 1. The molecule has 0 bridgehead atoms. The van der Waals surface area contributed by atoms with Gasteiger partial charge in [0.25, 0.3) is 0 Å². The molecule has 1 aromatic rings. The van der Waals surface area contributed by atoms with Gasteiger partial charge in [0.1, 0.15) is 0 Å². The van der Waals surface area contributed by atoms with Crippen LogP contribution in [0.1, 0.15) is 62.6 Å². The molecule has 4 atom stereocenters. The summed E-state index contributed by atoms with van der Waals surface area (Å²) < 4.78 is 12.5. The molecule has 0 saturated carbocycles. The van der Waals surface area contributed by atoms with Gasteiger partial charge in [0.15, 0.2) is 0 Å². The topological polar surface area (TPSA) is 43.1 Å². The highest BCUT2D eigenvalue weighted by Gasteiger charge is 2.33. The van der Waals surface area contributed by atoms with E-state index in [1.807, 2.05) is 6.07 Å². The normalized spacial score (nSPS) is 27.8. The van der Waals surface area contributed by atoms with E-state index < -0.39 is 10.8 Å². The van der Waals surface area contributed by atoms with Crippen LogP contribution in [-0.2, 0) is 10.8 Å². The molecule has 0 heterocycles. The standard InChI is InChI=1S/C16H25NOS/c1-3-4-7-10-19(18)15-11-12(2)13-8-5-6-9-14(13)16(15)17/h5-6,8-9,12,15-16H,3-4,7,10-11,17H2,1-2H3. The molecule has 19 heavy (non-hydrogen) atoms. The Morgan fingerprint density at radius 3 is 2.63 bits per heavy atom. The van der Waals surface area contributed by atoms with Crippen LogP contribution in [0.3, 0.4) is 0 Å². The summed E-state index contributed by atoms with van der Waals surface area (Å²) in [5.74, 6) is 1.28. The van der Waals surface area contributed by atoms with Crippen LogP contribution in [0.4, 0.5) is 0 Å². The molecule has 2 nitrogen and oxygen atoms in total. The quantitative estimate of drug-likeness (QED) is 0.838. The van der Waals surface area contributed by atoms with Crippen molar-refractivity contribution in [1.82, 2.24) is 0 Å². The van der Waals surface area contributed by atoms with Crippen LogP contribution in [0.25, 0.3) is 0 Å². The molecule has 1 aliphatic rings. The van der Waals surface area contributed by atoms with Gasteiger partial charge in [0, 0.05) is 22.6 Å². The van der Waals surface area contributed by atoms with E-state index in [9.17, 15) is 4.21 Å². The molecule has 0 radical (unpaired) electrons. The Morgan fingerprint density at radius 2 is 1.95 bits per heavy atom. The van der Waals surface area contributed by atoms with Crippen LogP contribution >= 0.6 is 0 Å². The number of hydrogen-bond acceptors (Lipinski definition) is 2. The van der Waals surface area contributed by atoms with E-state index in [0.717, 1.165) is 18.6 Å². The third-order valence-electron chi connectivity index (χ3n) is 4.16. The maximum atomic E-state index is 12.5. The first-order chi connectivity index (χ1) is 9.15. The van der Waals surface area contributed by atoms with Crippen LogP contribution in [0.2, 0.25) is 0 Å². The largest absolute Gasteiger partial charge is 0.323 e. The average molecular weight is 279 g/mol. The first kappa shape index (κ1) is 14.7. The lowest BCUT2D eigenvalue weighted by molar-refractivity contribution is 0.512. The van der Waals surface area contributed by atoms with Gasteiger partial charge in [-0.25, -0.2) is 0 Å². The van der Waals surface area contributed by atoms with Gasteiger partial charge in [-0.2, -0.15) is 0 Å². The lowest BCUT2D eigenvalue weighted by Crippen LogP contribution is -2.36. The van der Waals surface area contributed by atoms with Gasteiger partial charge in [-0.3, -0.25) is 4.21 Å². The minimum absolute atomic E-state index is 0.0603. The van der Waals surface area contributed by atoms with Crippen molar-refractivity contribution < 1.29 is 4.21 Å². The Kier molecular flexibility index (Phi) is 5.17. The van der Waals surface area contributed by atoms with E-state index >= 15 is 0 Å². The molecule has 4 unspecified atom stereocenters. The van der Waals surface area contributed by atoms with Crippen LogP contribution in [0.15, 0.2) is 24.3 Å². The second-order valence-corrected chi connectivity index (χ2v) is 7.40. The van der Waals surface area contributed by atoms with Crippen LogP contribution < -0.4 is 5.73 Å². The Labute approximate surface area is 119 Å². The predicted molar refractivity (Wildman–Crippen MR) is 82.7 cm³/mol.